The van der Waals surface area contributed by atoms with E-state index >= 15 is 0 Å². The number of ether oxygens (including phenoxy) is 1. The second-order valence-electron chi connectivity index (χ2n) is 4.73. The van der Waals surface area contributed by atoms with Crippen molar-refractivity contribution in [3.63, 3.8) is 0 Å². The van der Waals surface area contributed by atoms with E-state index in [9.17, 15) is 8.78 Å². The monoisotopic (exact) mass is 324 g/mol. The van der Waals surface area contributed by atoms with Crippen molar-refractivity contribution in [1.29, 1.82) is 0 Å². The van der Waals surface area contributed by atoms with Gasteiger partial charge in [0.1, 0.15) is 10.5 Å². The second-order valence-corrected chi connectivity index (χ2v) is 5.71. The van der Waals surface area contributed by atoms with Gasteiger partial charge in [-0.15, -0.1) is 11.3 Å². The van der Waals surface area contributed by atoms with Crippen molar-refractivity contribution < 1.29 is 13.5 Å². The number of benzene rings is 1. The van der Waals surface area contributed by atoms with Gasteiger partial charge >= 0.3 is 0 Å². The second kappa shape index (κ2) is 6.27. The molecule has 8 heteroatoms. The summed E-state index contributed by atoms with van der Waals surface area (Å²) in [4.78, 5) is 11.3. The van der Waals surface area contributed by atoms with Crippen molar-refractivity contribution in [2.45, 2.75) is 19.9 Å². The van der Waals surface area contributed by atoms with E-state index in [1.54, 1.807) is 17.5 Å². The molecule has 0 aliphatic carbocycles. The summed E-state index contributed by atoms with van der Waals surface area (Å²) in [5, 5.41) is 6.14. The largest absolute Gasteiger partial charge is 0.459 e. The molecule has 0 unspecified atom stereocenters. The van der Waals surface area contributed by atoms with Crippen LogP contribution in [0.1, 0.15) is 10.6 Å². The minimum Gasteiger partial charge on any atom is -0.459 e. The van der Waals surface area contributed by atoms with Crippen LogP contribution in [-0.2, 0) is 6.54 Å². The lowest BCUT2D eigenvalue weighted by molar-refractivity contribution is 0.0777. The third kappa shape index (κ3) is 3.33. The molecule has 22 heavy (non-hydrogen) atoms. The van der Waals surface area contributed by atoms with Gasteiger partial charge in [0.2, 0.25) is 0 Å². The summed E-state index contributed by atoms with van der Waals surface area (Å²) < 4.78 is 29.4. The lowest BCUT2D eigenvalue weighted by Crippen LogP contribution is -2.07. The van der Waals surface area contributed by atoms with Crippen LogP contribution in [-0.4, -0.2) is 28.0 Å². The number of hydrogen-bond acceptors (Lipinski definition) is 5. The highest BCUT2D eigenvalue weighted by atomic mass is 32.1. The Kier molecular flexibility index (Phi) is 4.19. The molecule has 0 bridgehead atoms. The number of nitrogens with zero attached hydrogens (tertiary/aromatic N) is 2. The molecule has 1 aromatic carbocycles. The summed E-state index contributed by atoms with van der Waals surface area (Å²) in [6, 6.07) is 3.94. The first-order valence-corrected chi connectivity index (χ1v) is 7.53. The smallest absolute Gasteiger partial charge is 0.294 e. The number of fused-ring (bicyclic) bond motifs is 1. The van der Waals surface area contributed by atoms with Gasteiger partial charge in [0, 0.05) is 11.6 Å². The van der Waals surface area contributed by atoms with Crippen molar-refractivity contribution in [1.82, 2.24) is 15.0 Å². The van der Waals surface area contributed by atoms with Crippen LogP contribution in [0.2, 0.25) is 0 Å². The summed E-state index contributed by atoms with van der Waals surface area (Å²) in [6.07, 6.45) is -0.782. The molecule has 0 saturated carbocycles. The molecule has 0 atom stereocenters. The van der Waals surface area contributed by atoms with Gasteiger partial charge in [0.25, 0.3) is 12.4 Å². The van der Waals surface area contributed by atoms with E-state index in [1.807, 2.05) is 24.4 Å². The highest BCUT2D eigenvalue weighted by molar-refractivity contribution is 7.09. The Morgan fingerprint density at radius 3 is 3.00 bits per heavy atom. The summed E-state index contributed by atoms with van der Waals surface area (Å²) in [6.45, 7) is 1.85. The Balaban J connectivity index is 1.84. The molecule has 0 saturated heterocycles. The zero-order valence-corrected chi connectivity index (χ0v) is 12.6. The minimum absolute atomic E-state index is 0.0956. The third-order valence-electron chi connectivity index (χ3n) is 2.97. The van der Waals surface area contributed by atoms with Gasteiger partial charge in [0.15, 0.2) is 6.61 Å². The fourth-order valence-electron chi connectivity index (χ4n) is 2.10. The molecule has 2 heterocycles. The van der Waals surface area contributed by atoms with Crippen molar-refractivity contribution in [2.75, 3.05) is 11.9 Å². The van der Waals surface area contributed by atoms with Gasteiger partial charge in [-0.05, 0) is 24.6 Å². The average molecular weight is 324 g/mol. The molecule has 0 radical (unpaired) electrons. The zero-order valence-electron chi connectivity index (χ0n) is 11.8. The van der Waals surface area contributed by atoms with Crippen LogP contribution in [0.4, 0.5) is 14.5 Å². The van der Waals surface area contributed by atoms with Gasteiger partial charge in [-0.2, -0.15) is 4.98 Å². The number of thiazole rings is 1. The molecule has 0 aliphatic heterocycles. The summed E-state index contributed by atoms with van der Waals surface area (Å²) in [5.74, 6) is 0. The number of aryl methyl sites for hydroxylation is 1. The fraction of sp³-hybridized carbons (Fsp3) is 0.286. The van der Waals surface area contributed by atoms with Crippen LogP contribution in [0.5, 0.6) is 6.01 Å². The van der Waals surface area contributed by atoms with E-state index in [0.717, 1.165) is 21.8 Å². The van der Waals surface area contributed by atoms with E-state index in [4.69, 9.17) is 4.74 Å². The van der Waals surface area contributed by atoms with E-state index < -0.39 is 13.0 Å². The van der Waals surface area contributed by atoms with Gasteiger partial charge in [-0.25, -0.2) is 13.8 Å². The number of anilines is 1. The molecule has 3 rings (SSSR count). The van der Waals surface area contributed by atoms with Crippen LogP contribution in [0.25, 0.3) is 11.0 Å². The number of rotatable bonds is 6. The van der Waals surface area contributed by atoms with Gasteiger partial charge in [-0.3, -0.25) is 0 Å². The maximum atomic E-state index is 12.2. The Morgan fingerprint density at radius 2 is 2.27 bits per heavy atom. The maximum Gasteiger partial charge on any atom is 0.294 e. The quantitative estimate of drug-likeness (QED) is 0.727. The predicted octanol–water partition coefficient (Wildman–Crippen LogP) is 3.58. The molecule has 3 aromatic rings. The van der Waals surface area contributed by atoms with E-state index in [1.165, 1.54) is 0 Å². The first-order valence-electron chi connectivity index (χ1n) is 6.65. The average Bonchev–Trinajstić information content (AvgIpc) is 3.11. The topological polar surface area (TPSA) is 62.8 Å². The molecule has 2 N–H and O–H groups in total. The summed E-state index contributed by atoms with van der Waals surface area (Å²) >= 11 is 1.56. The minimum atomic E-state index is -2.53. The molecule has 0 fully saturated rings. The predicted molar refractivity (Wildman–Crippen MR) is 81.8 cm³/mol. The van der Waals surface area contributed by atoms with Crippen molar-refractivity contribution in [2.24, 2.45) is 0 Å². The normalized spacial score (nSPS) is 11.3. The number of halogens is 2. The third-order valence-corrected chi connectivity index (χ3v) is 3.75. The van der Waals surface area contributed by atoms with Crippen LogP contribution >= 0.6 is 11.3 Å². The molecule has 5 nitrogen and oxygen atoms in total. The molecule has 0 aliphatic rings. The van der Waals surface area contributed by atoms with Gasteiger partial charge in [0.05, 0.1) is 17.7 Å². The van der Waals surface area contributed by atoms with Crippen molar-refractivity contribution >= 4 is 28.1 Å². The number of nitrogens with one attached hydrogen (secondary N) is 2. The molecular formula is C14H14F2N4OS. The lowest BCUT2D eigenvalue weighted by atomic mass is 10.2. The van der Waals surface area contributed by atoms with E-state index in [-0.39, 0.29) is 6.01 Å². The lowest BCUT2D eigenvalue weighted by Gasteiger charge is -2.06. The maximum absolute atomic E-state index is 12.2. The van der Waals surface area contributed by atoms with Gasteiger partial charge < -0.3 is 15.0 Å². The van der Waals surface area contributed by atoms with Crippen LogP contribution in [0, 0.1) is 6.92 Å². The SMILES string of the molecule is Cc1cc(NCc2nccs2)c2nc(OCC(F)F)[nH]c2c1. The van der Waals surface area contributed by atoms with Crippen molar-refractivity contribution in [3.8, 4) is 6.01 Å². The van der Waals surface area contributed by atoms with E-state index in [2.05, 4.69) is 20.3 Å². The first kappa shape index (κ1) is 14.7. The van der Waals surface area contributed by atoms with Crippen molar-refractivity contribution in [3.05, 3.63) is 34.3 Å². The molecule has 0 amide bonds. The number of hydrogen-bond donors (Lipinski definition) is 2. The van der Waals surface area contributed by atoms with Crippen LogP contribution < -0.4 is 10.1 Å². The van der Waals surface area contributed by atoms with Gasteiger partial charge in [-0.1, -0.05) is 0 Å². The Labute approximate surface area is 129 Å². The number of aromatic nitrogens is 3. The summed E-state index contributed by atoms with van der Waals surface area (Å²) in [7, 11) is 0. The molecule has 116 valence electrons. The fourth-order valence-corrected chi connectivity index (χ4v) is 2.65. The molecular weight excluding hydrogens is 310 g/mol. The van der Waals surface area contributed by atoms with Crippen LogP contribution in [0.3, 0.4) is 0 Å². The van der Waals surface area contributed by atoms with Crippen LogP contribution in [0.15, 0.2) is 23.7 Å². The number of alkyl halides is 2. The first-order chi connectivity index (χ1) is 10.6. The Bertz CT molecular complexity index is 758. The summed E-state index contributed by atoms with van der Waals surface area (Å²) in [5.41, 5.74) is 3.24. The highest BCUT2D eigenvalue weighted by Gasteiger charge is 2.11. The molecule has 2 aromatic heterocycles. The zero-order chi connectivity index (χ0) is 15.5. The molecule has 0 spiro atoms. The highest BCUT2D eigenvalue weighted by Crippen LogP contribution is 2.26. The Hall–Kier alpha value is -2.22. The standard InChI is InChI=1S/C14H14F2N4OS/c1-8-4-9(18-6-12-17-2-3-22-12)13-10(5-8)19-14(20-13)21-7-11(15)16/h2-5,11,18H,6-7H2,1H3,(H,19,20). The Morgan fingerprint density at radius 1 is 1.41 bits per heavy atom. The number of H-pyrrole nitrogens is 1. The van der Waals surface area contributed by atoms with E-state index in [0.29, 0.717) is 12.1 Å². The number of aromatic amines is 1. The number of imidazole rings is 1.